The van der Waals surface area contributed by atoms with Crippen molar-refractivity contribution in [1.82, 2.24) is 20.4 Å². The normalized spacial score (nSPS) is 20.1. The van der Waals surface area contributed by atoms with Gasteiger partial charge in [0.15, 0.2) is 5.96 Å². The van der Waals surface area contributed by atoms with Crippen molar-refractivity contribution in [3.63, 3.8) is 0 Å². The molecule has 1 aliphatic carbocycles. The van der Waals surface area contributed by atoms with Gasteiger partial charge in [0.2, 0.25) is 0 Å². The Balaban J connectivity index is 0.00000364. The third kappa shape index (κ3) is 8.83. The second-order valence-corrected chi connectivity index (χ2v) is 8.17. The number of aliphatic imine (C=N–C) groups is 1. The predicted molar refractivity (Wildman–Crippen MR) is 125 cm³/mol. The highest BCUT2D eigenvalue weighted by Gasteiger charge is 2.30. The molecule has 0 amide bonds. The topological polar surface area (TPSA) is 52.1 Å². The second-order valence-electron chi connectivity index (χ2n) is 8.17. The molecule has 0 radical (unpaired) electrons. The molecule has 27 heavy (non-hydrogen) atoms. The molecule has 2 fully saturated rings. The van der Waals surface area contributed by atoms with E-state index in [-0.39, 0.29) is 24.0 Å². The van der Waals surface area contributed by atoms with Crippen molar-refractivity contribution < 1.29 is 4.74 Å². The van der Waals surface area contributed by atoms with Crippen LogP contribution in [0.5, 0.6) is 0 Å². The van der Waals surface area contributed by atoms with Crippen LogP contribution >= 0.6 is 24.0 Å². The lowest BCUT2D eigenvalue weighted by atomic mass is 10.0. The number of hydrogen-bond donors (Lipinski definition) is 2. The first-order valence-corrected chi connectivity index (χ1v) is 10.6. The smallest absolute Gasteiger partial charge is 0.191 e. The van der Waals surface area contributed by atoms with E-state index in [1.54, 1.807) is 0 Å². The Hall–Kier alpha value is -0.120. The summed E-state index contributed by atoms with van der Waals surface area (Å²) in [6, 6.07) is 1.91. The molecule has 1 saturated carbocycles. The number of ether oxygens (including phenoxy) is 1. The number of nitrogens with one attached hydrogen (secondary N) is 2. The van der Waals surface area contributed by atoms with Crippen LogP contribution in [0.25, 0.3) is 0 Å². The third-order valence-electron chi connectivity index (χ3n) is 5.41. The Kier molecular flexibility index (Phi) is 12.2. The number of guanidine groups is 1. The van der Waals surface area contributed by atoms with Crippen LogP contribution < -0.4 is 10.6 Å². The van der Waals surface area contributed by atoms with Crippen molar-refractivity contribution in [3.05, 3.63) is 0 Å². The van der Waals surface area contributed by atoms with Crippen LogP contribution in [0.4, 0.5) is 0 Å². The molecule has 0 bridgehead atoms. The second kappa shape index (κ2) is 13.2. The van der Waals surface area contributed by atoms with Gasteiger partial charge in [-0.15, -0.1) is 24.0 Å². The lowest BCUT2D eigenvalue weighted by Crippen LogP contribution is -2.48. The van der Waals surface area contributed by atoms with Crippen molar-refractivity contribution >= 4 is 29.9 Å². The van der Waals surface area contributed by atoms with Crippen molar-refractivity contribution in [2.75, 3.05) is 52.5 Å². The van der Waals surface area contributed by atoms with Gasteiger partial charge in [-0.1, -0.05) is 13.8 Å². The molecule has 6 nitrogen and oxygen atoms in total. The number of hydrogen-bond acceptors (Lipinski definition) is 4. The summed E-state index contributed by atoms with van der Waals surface area (Å²) in [7, 11) is 0. The van der Waals surface area contributed by atoms with Gasteiger partial charge in [-0.05, 0) is 39.5 Å². The molecule has 0 spiro atoms. The van der Waals surface area contributed by atoms with Gasteiger partial charge < -0.3 is 15.4 Å². The van der Waals surface area contributed by atoms with Crippen LogP contribution in [0.2, 0.25) is 0 Å². The van der Waals surface area contributed by atoms with E-state index in [4.69, 9.17) is 9.73 Å². The minimum Gasteiger partial charge on any atom is -0.379 e. The van der Waals surface area contributed by atoms with Gasteiger partial charge in [-0.25, -0.2) is 0 Å². The van der Waals surface area contributed by atoms with Crippen LogP contribution in [-0.4, -0.2) is 86.4 Å². The highest BCUT2D eigenvalue weighted by Crippen LogP contribution is 2.27. The van der Waals surface area contributed by atoms with E-state index in [1.165, 1.54) is 12.8 Å². The zero-order valence-corrected chi connectivity index (χ0v) is 20.4. The molecular formula is C20H42IN5O. The van der Waals surface area contributed by atoms with Gasteiger partial charge in [0.1, 0.15) is 0 Å². The van der Waals surface area contributed by atoms with E-state index in [2.05, 4.69) is 55.1 Å². The molecule has 2 aliphatic rings. The average molecular weight is 495 g/mol. The average Bonchev–Trinajstić information content (AvgIpc) is 3.44. The summed E-state index contributed by atoms with van der Waals surface area (Å²) >= 11 is 0. The van der Waals surface area contributed by atoms with Gasteiger partial charge in [0.25, 0.3) is 0 Å². The SMILES string of the molecule is CCNC(=NCC(C(C)C)N1CCOCC1)NCCN(C(C)C)C1CC1.I. The van der Waals surface area contributed by atoms with Gasteiger partial charge in [-0.2, -0.15) is 0 Å². The van der Waals surface area contributed by atoms with Crippen LogP contribution in [-0.2, 0) is 4.74 Å². The fraction of sp³-hybridized carbons (Fsp3) is 0.950. The monoisotopic (exact) mass is 495 g/mol. The quantitative estimate of drug-likeness (QED) is 0.277. The molecule has 1 unspecified atom stereocenters. The summed E-state index contributed by atoms with van der Waals surface area (Å²) in [5.41, 5.74) is 0. The van der Waals surface area contributed by atoms with Crippen LogP contribution in [0.3, 0.4) is 0 Å². The number of rotatable bonds is 10. The summed E-state index contributed by atoms with van der Waals surface area (Å²) in [5, 5.41) is 6.94. The zero-order chi connectivity index (χ0) is 18.9. The number of halogens is 1. The third-order valence-corrected chi connectivity index (χ3v) is 5.41. The maximum atomic E-state index is 5.51. The van der Waals surface area contributed by atoms with Crippen molar-refractivity contribution in [2.24, 2.45) is 10.9 Å². The van der Waals surface area contributed by atoms with E-state index >= 15 is 0 Å². The number of nitrogens with zero attached hydrogens (tertiary/aromatic N) is 3. The molecule has 0 aromatic heterocycles. The maximum Gasteiger partial charge on any atom is 0.191 e. The van der Waals surface area contributed by atoms with Gasteiger partial charge >= 0.3 is 0 Å². The Morgan fingerprint density at radius 2 is 1.81 bits per heavy atom. The first kappa shape index (κ1) is 24.9. The Morgan fingerprint density at radius 1 is 1.15 bits per heavy atom. The van der Waals surface area contributed by atoms with Gasteiger partial charge in [0, 0.05) is 50.8 Å². The molecule has 1 saturated heterocycles. The van der Waals surface area contributed by atoms with Crippen LogP contribution in [0.15, 0.2) is 4.99 Å². The Labute approximate surface area is 183 Å². The molecule has 7 heteroatoms. The summed E-state index contributed by atoms with van der Waals surface area (Å²) in [4.78, 5) is 10.1. The van der Waals surface area contributed by atoms with Gasteiger partial charge in [-0.3, -0.25) is 14.8 Å². The summed E-state index contributed by atoms with van der Waals surface area (Å²) in [5.74, 6) is 1.54. The number of morpholine rings is 1. The predicted octanol–water partition coefficient (Wildman–Crippen LogP) is 2.39. The lowest BCUT2D eigenvalue weighted by molar-refractivity contribution is 0.00867. The van der Waals surface area contributed by atoms with Crippen LogP contribution in [0.1, 0.15) is 47.5 Å². The zero-order valence-electron chi connectivity index (χ0n) is 18.0. The lowest BCUT2D eigenvalue weighted by Gasteiger charge is -2.36. The molecule has 0 aromatic rings. The van der Waals surface area contributed by atoms with E-state index in [0.29, 0.717) is 18.0 Å². The Bertz CT molecular complexity index is 421. The first-order chi connectivity index (χ1) is 12.5. The standard InChI is InChI=1S/C20H41N5O.HI/c1-6-21-20(22-9-10-25(17(4)5)18-7-8-18)23-15-19(16(2)3)24-11-13-26-14-12-24;/h16-19H,6-15H2,1-5H3,(H2,21,22,23);1H. The largest absolute Gasteiger partial charge is 0.379 e. The van der Waals surface area contributed by atoms with E-state index in [0.717, 1.165) is 64.5 Å². The first-order valence-electron chi connectivity index (χ1n) is 10.6. The highest BCUT2D eigenvalue weighted by molar-refractivity contribution is 14.0. The molecule has 0 aromatic carbocycles. The van der Waals surface area contributed by atoms with Crippen LogP contribution in [0, 0.1) is 5.92 Å². The van der Waals surface area contributed by atoms with Crippen molar-refractivity contribution in [2.45, 2.75) is 65.6 Å². The minimum atomic E-state index is 0. The van der Waals surface area contributed by atoms with Gasteiger partial charge in [0.05, 0.1) is 19.8 Å². The maximum absolute atomic E-state index is 5.51. The van der Waals surface area contributed by atoms with E-state index in [1.807, 2.05) is 0 Å². The molecule has 1 aliphatic heterocycles. The molecule has 1 atom stereocenters. The fourth-order valence-corrected chi connectivity index (χ4v) is 3.76. The molecule has 160 valence electrons. The van der Waals surface area contributed by atoms with Crippen molar-refractivity contribution in [3.8, 4) is 0 Å². The highest BCUT2D eigenvalue weighted by atomic mass is 127. The molecule has 2 rings (SSSR count). The van der Waals surface area contributed by atoms with E-state index < -0.39 is 0 Å². The molecule has 2 N–H and O–H groups in total. The molecular weight excluding hydrogens is 453 g/mol. The summed E-state index contributed by atoms with van der Waals surface area (Å²) in [6.45, 7) is 18.8. The van der Waals surface area contributed by atoms with E-state index in [9.17, 15) is 0 Å². The summed E-state index contributed by atoms with van der Waals surface area (Å²) in [6.07, 6.45) is 2.73. The van der Waals surface area contributed by atoms with Crippen molar-refractivity contribution in [1.29, 1.82) is 0 Å². The Morgan fingerprint density at radius 3 is 2.33 bits per heavy atom. The minimum absolute atomic E-state index is 0. The fourth-order valence-electron chi connectivity index (χ4n) is 3.76. The molecule has 1 heterocycles. The summed E-state index contributed by atoms with van der Waals surface area (Å²) < 4.78 is 5.51.